The van der Waals surface area contributed by atoms with Gasteiger partial charge in [-0.2, -0.15) is 0 Å². The standard InChI is InChI=1S/C18H17N3O3S/c1-2-11-19-17(23)14-7-3-4-8-15(14)20-18(25)21-16(22)10-9-13-6-5-12-24-13/h2-10,12H,1,11H2,(H,19,23)(H2,20,21,22,25). The molecule has 0 unspecified atom stereocenters. The molecule has 0 aliphatic rings. The van der Waals surface area contributed by atoms with Crippen molar-refractivity contribution in [2.24, 2.45) is 0 Å². The maximum absolute atomic E-state index is 12.1. The van der Waals surface area contributed by atoms with Crippen LogP contribution in [0.2, 0.25) is 0 Å². The lowest BCUT2D eigenvalue weighted by atomic mass is 10.1. The Morgan fingerprint density at radius 2 is 2.00 bits per heavy atom. The van der Waals surface area contributed by atoms with Gasteiger partial charge in [-0.3, -0.25) is 14.9 Å². The van der Waals surface area contributed by atoms with Crippen molar-refractivity contribution < 1.29 is 14.0 Å². The smallest absolute Gasteiger partial charge is 0.253 e. The number of furan rings is 1. The average Bonchev–Trinajstić information content (AvgIpc) is 3.12. The molecule has 0 fully saturated rings. The highest BCUT2D eigenvalue weighted by Gasteiger charge is 2.11. The van der Waals surface area contributed by atoms with Crippen molar-refractivity contribution in [3.8, 4) is 0 Å². The highest BCUT2D eigenvalue weighted by atomic mass is 32.1. The molecule has 2 aromatic rings. The van der Waals surface area contributed by atoms with Crippen LogP contribution in [0.5, 0.6) is 0 Å². The van der Waals surface area contributed by atoms with E-state index in [0.717, 1.165) is 0 Å². The summed E-state index contributed by atoms with van der Waals surface area (Å²) in [6, 6.07) is 10.3. The Bertz CT molecular complexity index is 798. The van der Waals surface area contributed by atoms with Crippen LogP contribution in [0.4, 0.5) is 5.69 Å². The van der Waals surface area contributed by atoms with Crippen LogP contribution in [-0.2, 0) is 4.79 Å². The fraction of sp³-hybridized carbons (Fsp3) is 0.0556. The zero-order valence-corrected chi connectivity index (χ0v) is 14.1. The molecule has 1 heterocycles. The summed E-state index contributed by atoms with van der Waals surface area (Å²) in [7, 11) is 0. The van der Waals surface area contributed by atoms with Gasteiger partial charge in [0.2, 0.25) is 5.91 Å². The van der Waals surface area contributed by atoms with Gasteiger partial charge < -0.3 is 15.1 Å². The average molecular weight is 355 g/mol. The zero-order valence-electron chi connectivity index (χ0n) is 13.3. The first kappa shape index (κ1) is 18.2. The van der Waals surface area contributed by atoms with Crippen LogP contribution in [0.3, 0.4) is 0 Å². The van der Waals surface area contributed by atoms with Gasteiger partial charge in [-0.25, -0.2) is 0 Å². The van der Waals surface area contributed by atoms with Gasteiger partial charge in [0.15, 0.2) is 5.11 Å². The van der Waals surface area contributed by atoms with Crippen LogP contribution in [0.25, 0.3) is 6.08 Å². The molecule has 3 N–H and O–H groups in total. The topological polar surface area (TPSA) is 83.4 Å². The van der Waals surface area contributed by atoms with Gasteiger partial charge in [0.1, 0.15) is 5.76 Å². The zero-order chi connectivity index (χ0) is 18.1. The second kappa shape index (κ2) is 9.19. The SMILES string of the molecule is C=CCNC(=O)c1ccccc1NC(=S)NC(=O)C=Cc1ccco1. The molecule has 128 valence electrons. The summed E-state index contributed by atoms with van der Waals surface area (Å²) in [5.41, 5.74) is 0.899. The third-order valence-electron chi connectivity index (χ3n) is 3.01. The van der Waals surface area contributed by atoms with E-state index in [1.165, 1.54) is 18.4 Å². The first-order valence-electron chi connectivity index (χ1n) is 7.42. The number of amides is 2. The molecule has 1 aromatic heterocycles. The van der Waals surface area contributed by atoms with Crippen molar-refractivity contribution in [1.82, 2.24) is 10.6 Å². The van der Waals surface area contributed by atoms with Crippen LogP contribution in [0.15, 0.2) is 65.8 Å². The molecule has 1 aromatic carbocycles. The van der Waals surface area contributed by atoms with E-state index in [1.807, 2.05) is 0 Å². The van der Waals surface area contributed by atoms with E-state index in [0.29, 0.717) is 23.6 Å². The molecule has 0 aliphatic heterocycles. The first-order chi connectivity index (χ1) is 12.1. The summed E-state index contributed by atoms with van der Waals surface area (Å²) in [5.74, 6) is -0.129. The normalized spacial score (nSPS) is 10.2. The lowest BCUT2D eigenvalue weighted by Gasteiger charge is -2.12. The Hall–Kier alpha value is -3.19. The first-order valence-corrected chi connectivity index (χ1v) is 7.82. The second-order valence-electron chi connectivity index (χ2n) is 4.84. The summed E-state index contributed by atoms with van der Waals surface area (Å²) in [5, 5.41) is 8.12. The van der Waals surface area contributed by atoms with Gasteiger partial charge in [-0.15, -0.1) is 6.58 Å². The lowest BCUT2D eigenvalue weighted by Crippen LogP contribution is -2.34. The maximum Gasteiger partial charge on any atom is 0.253 e. The Morgan fingerprint density at radius 3 is 2.72 bits per heavy atom. The predicted molar refractivity (Wildman–Crippen MR) is 101 cm³/mol. The Morgan fingerprint density at radius 1 is 1.20 bits per heavy atom. The van der Waals surface area contributed by atoms with Crippen LogP contribution in [0, 0.1) is 0 Å². The molecular weight excluding hydrogens is 338 g/mol. The third-order valence-corrected chi connectivity index (χ3v) is 3.21. The lowest BCUT2D eigenvalue weighted by molar-refractivity contribution is -0.115. The number of carbonyl (C=O) groups excluding carboxylic acids is 2. The molecule has 0 radical (unpaired) electrons. The highest BCUT2D eigenvalue weighted by molar-refractivity contribution is 7.80. The molecule has 7 heteroatoms. The van der Waals surface area contributed by atoms with E-state index in [4.69, 9.17) is 16.6 Å². The number of benzene rings is 1. The molecule has 25 heavy (non-hydrogen) atoms. The summed E-state index contributed by atoms with van der Waals surface area (Å²) in [4.78, 5) is 24.0. The van der Waals surface area contributed by atoms with Crippen LogP contribution in [-0.4, -0.2) is 23.5 Å². The summed E-state index contributed by atoms with van der Waals surface area (Å²) in [6.07, 6.45) is 5.92. The number of hydrogen-bond donors (Lipinski definition) is 3. The molecule has 2 rings (SSSR count). The van der Waals surface area contributed by atoms with Crippen LogP contribution in [0.1, 0.15) is 16.1 Å². The molecule has 0 saturated heterocycles. The van der Waals surface area contributed by atoms with Crippen LogP contribution < -0.4 is 16.0 Å². The van der Waals surface area contributed by atoms with Gasteiger partial charge in [-0.05, 0) is 42.6 Å². The van der Waals surface area contributed by atoms with Crippen molar-refractivity contribution in [2.75, 3.05) is 11.9 Å². The Labute approximate surface area is 150 Å². The molecule has 0 atom stereocenters. The van der Waals surface area contributed by atoms with E-state index >= 15 is 0 Å². The fourth-order valence-electron chi connectivity index (χ4n) is 1.90. The highest BCUT2D eigenvalue weighted by Crippen LogP contribution is 2.14. The molecule has 2 amide bonds. The molecule has 6 nitrogen and oxygen atoms in total. The van der Waals surface area contributed by atoms with Crippen molar-refractivity contribution in [2.45, 2.75) is 0 Å². The monoisotopic (exact) mass is 355 g/mol. The van der Waals surface area contributed by atoms with Crippen molar-refractivity contribution in [3.05, 3.63) is 72.7 Å². The van der Waals surface area contributed by atoms with Crippen molar-refractivity contribution >= 4 is 40.9 Å². The quantitative estimate of drug-likeness (QED) is 0.422. The number of thiocarbonyl (C=S) groups is 1. The van der Waals surface area contributed by atoms with Crippen molar-refractivity contribution in [3.63, 3.8) is 0 Å². The van der Waals surface area contributed by atoms with Gasteiger partial charge in [-0.1, -0.05) is 18.2 Å². The molecule has 0 saturated carbocycles. The van der Waals surface area contributed by atoms with E-state index < -0.39 is 5.91 Å². The Balaban J connectivity index is 1.97. The van der Waals surface area contributed by atoms with Crippen molar-refractivity contribution in [1.29, 1.82) is 0 Å². The molecule has 0 aliphatic carbocycles. The number of rotatable bonds is 6. The summed E-state index contributed by atoms with van der Waals surface area (Å²) < 4.78 is 5.09. The number of anilines is 1. The van der Waals surface area contributed by atoms with Gasteiger partial charge >= 0.3 is 0 Å². The maximum atomic E-state index is 12.1. The predicted octanol–water partition coefficient (Wildman–Crippen LogP) is 2.72. The van der Waals surface area contributed by atoms with E-state index in [2.05, 4.69) is 22.5 Å². The van der Waals surface area contributed by atoms with Crippen LogP contribution >= 0.6 is 12.2 Å². The van der Waals surface area contributed by atoms with E-state index in [1.54, 1.807) is 42.5 Å². The second-order valence-corrected chi connectivity index (χ2v) is 5.24. The van der Waals surface area contributed by atoms with Gasteiger partial charge in [0.05, 0.1) is 17.5 Å². The van der Waals surface area contributed by atoms with E-state index in [9.17, 15) is 9.59 Å². The minimum Gasteiger partial charge on any atom is -0.465 e. The molecule has 0 bridgehead atoms. The fourth-order valence-corrected chi connectivity index (χ4v) is 2.11. The number of nitrogens with one attached hydrogen (secondary N) is 3. The Kier molecular flexibility index (Phi) is 6.67. The van der Waals surface area contributed by atoms with Gasteiger partial charge in [0.25, 0.3) is 5.91 Å². The molecule has 0 spiro atoms. The minimum atomic E-state index is -0.414. The third kappa shape index (κ3) is 5.74. The largest absolute Gasteiger partial charge is 0.465 e. The summed E-state index contributed by atoms with van der Waals surface area (Å²) in [6.45, 7) is 3.91. The number of hydrogen-bond acceptors (Lipinski definition) is 4. The number of carbonyl (C=O) groups is 2. The summed E-state index contributed by atoms with van der Waals surface area (Å²) >= 11 is 5.11. The van der Waals surface area contributed by atoms with E-state index in [-0.39, 0.29) is 11.0 Å². The minimum absolute atomic E-state index is 0.0815. The molecular formula is C18H17N3O3S. The van der Waals surface area contributed by atoms with Gasteiger partial charge in [0, 0.05) is 12.6 Å². The number of para-hydroxylation sites is 1.